The van der Waals surface area contributed by atoms with Crippen molar-refractivity contribution in [2.24, 2.45) is 12.5 Å². The third kappa shape index (κ3) is 1.73. The van der Waals surface area contributed by atoms with Gasteiger partial charge in [0, 0.05) is 13.6 Å². The molecule has 0 spiro atoms. The number of aromatic nitrogens is 2. The Hall–Kier alpha value is -1.37. The second-order valence-electron chi connectivity index (χ2n) is 4.64. The van der Waals surface area contributed by atoms with Gasteiger partial charge in [-0.1, -0.05) is 0 Å². The van der Waals surface area contributed by atoms with E-state index < -0.39 is 17.4 Å². The van der Waals surface area contributed by atoms with Crippen molar-refractivity contribution < 1.29 is 18.0 Å². The van der Waals surface area contributed by atoms with E-state index in [1.165, 1.54) is 17.9 Å². The number of rotatable bonds is 2. The van der Waals surface area contributed by atoms with Crippen LogP contribution in [0.4, 0.5) is 13.2 Å². The first-order valence-electron chi connectivity index (χ1n) is 5.60. The molecule has 1 N–H and O–H groups in total. The van der Waals surface area contributed by atoms with Crippen molar-refractivity contribution in [1.82, 2.24) is 15.1 Å². The molecule has 1 fully saturated rings. The van der Waals surface area contributed by atoms with E-state index in [4.69, 9.17) is 0 Å². The fourth-order valence-corrected chi connectivity index (χ4v) is 2.36. The smallest absolute Gasteiger partial charge is 0.315 e. The van der Waals surface area contributed by atoms with E-state index in [0.717, 1.165) is 0 Å². The van der Waals surface area contributed by atoms with Crippen molar-refractivity contribution in [3.63, 3.8) is 0 Å². The Kier molecular flexibility index (Phi) is 2.96. The molecule has 18 heavy (non-hydrogen) atoms. The summed E-state index contributed by atoms with van der Waals surface area (Å²) in [5.41, 5.74) is -1.81. The van der Waals surface area contributed by atoms with Crippen LogP contribution in [-0.2, 0) is 7.05 Å². The van der Waals surface area contributed by atoms with Gasteiger partial charge in [0.1, 0.15) is 11.1 Å². The minimum atomic E-state index is -4.55. The lowest BCUT2D eigenvalue weighted by Gasteiger charge is -2.29. The highest BCUT2D eigenvalue weighted by atomic mass is 19.4. The van der Waals surface area contributed by atoms with Crippen LogP contribution in [0.1, 0.15) is 22.5 Å². The third-order valence-corrected chi connectivity index (χ3v) is 3.47. The third-order valence-electron chi connectivity index (χ3n) is 3.47. The summed E-state index contributed by atoms with van der Waals surface area (Å²) < 4.78 is 40.9. The predicted octanol–water partition coefficient (Wildman–Crippen LogP) is 1.45. The number of hydrogen-bond acceptors (Lipinski definition) is 3. The summed E-state index contributed by atoms with van der Waals surface area (Å²) in [4.78, 5) is 12.3. The summed E-state index contributed by atoms with van der Waals surface area (Å²) in [6, 6.07) is 0. The van der Waals surface area contributed by atoms with Crippen LogP contribution in [0.3, 0.4) is 0 Å². The summed E-state index contributed by atoms with van der Waals surface area (Å²) in [6.45, 7) is 1.43. The molecule has 0 aliphatic carbocycles. The average Bonchev–Trinajstić information content (AvgIpc) is 2.85. The second-order valence-corrected chi connectivity index (χ2v) is 4.64. The van der Waals surface area contributed by atoms with Crippen molar-refractivity contribution >= 4 is 5.78 Å². The summed E-state index contributed by atoms with van der Waals surface area (Å²) >= 11 is 0. The van der Waals surface area contributed by atoms with Gasteiger partial charge < -0.3 is 5.32 Å². The van der Waals surface area contributed by atoms with Crippen LogP contribution in [-0.4, -0.2) is 34.8 Å². The summed E-state index contributed by atoms with van der Waals surface area (Å²) in [5.74, 6) is -0.891. The molecule has 0 amide bonds. The topological polar surface area (TPSA) is 46.9 Å². The minimum absolute atomic E-state index is 0.0380. The van der Waals surface area contributed by atoms with Crippen LogP contribution < -0.4 is 5.32 Å². The minimum Gasteiger partial charge on any atom is -0.315 e. The zero-order chi connectivity index (χ0) is 13.6. The van der Waals surface area contributed by atoms with Gasteiger partial charge in [0.2, 0.25) is 0 Å². The molecule has 1 aromatic rings. The first-order valence-corrected chi connectivity index (χ1v) is 5.60. The van der Waals surface area contributed by atoms with E-state index in [1.807, 2.05) is 0 Å². The zero-order valence-corrected chi connectivity index (χ0v) is 10.1. The Morgan fingerprint density at radius 3 is 2.61 bits per heavy atom. The van der Waals surface area contributed by atoms with E-state index >= 15 is 0 Å². The summed E-state index contributed by atoms with van der Waals surface area (Å²) in [5, 5.41) is 6.46. The van der Waals surface area contributed by atoms with Crippen LogP contribution in [0.5, 0.6) is 0 Å². The first-order chi connectivity index (χ1) is 8.29. The van der Waals surface area contributed by atoms with Crippen LogP contribution in [0.15, 0.2) is 6.20 Å². The molecule has 0 bridgehead atoms. The molecular formula is C11H14F3N3O. The number of carbonyl (C=O) groups excluding carboxylic acids is 1. The maximum Gasteiger partial charge on any atom is 0.403 e. The van der Waals surface area contributed by atoms with E-state index in [0.29, 0.717) is 5.56 Å². The zero-order valence-electron chi connectivity index (χ0n) is 10.1. The average molecular weight is 261 g/mol. The molecule has 0 saturated carbocycles. The maximum atomic E-state index is 13.2. The quantitative estimate of drug-likeness (QED) is 0.820. The second kappa shape index (κ2) is 4.08. The molecule has 7 heteroatoms. The number of Topliss-reactive ketones (excluding diaryl/α,β-unsaturated/α-hetero) is 1. The Labute approximate surface area is 102 Å². The van der Waals surface area contributed by atoms with Crippen LogP contribution >= 0.6 is 0 Å². The molecule has 0 aromatic carbocycles. The molecule has 1 unspecified atom stereocenters. The number of ketones is 1. The summed E-state index contributed by atoms with van der Waals surface area (Å²) in [7, 11) is 1.48. The number of alkyl halides is 3. The fourth-order valence-electron chi connectivity index (χ4n) is 2.36. The van der Waals surface area contributed by atoms with Gasteiger partial charge in [-0.25, -0.2) is 0 Å². The van der Waals surface area contributed by atoms with Crippen LogP contribution in [0.2, 0.25) is 0 Å². The standard InChI is InChI=1S/C11H14F3N3O/c1-7-5-16-17(2)8(7)9(18)10(11(12,13)14)3-4-15-6-10/h5,15H,3-4,6H2,1-2H3. The Morgan fingerprint density at radius 1 is 1.56 bits per heavy atom. The highest BCUT2D eigenvalue weighted by Gasteiger charge is 2.61. The van der Waals surface area contributed by atoms with Gasteiger partial charge in [-0.05, 0) is 25.5 Å². The largest absolute Gasteiger partial charge is 0.403 e. The van der Waals surface area contributed by atoms with Crippen molar-refractivity contribution in [2.45, 2.75) is 19.5 Å². The van der Waals surface area contributed by atoms with Gasteiger partial charge >= 0.3 is 6.18 Å². The molecular weight excluding hydrogens is 247 g/mol. The van der Waals surface area contributed by atoms with Gasteiger partial charge in [0.15, 0.2) is 5.78 Å². The summed E-state index contributed by atoms with van der Waals surface area (Å²) in [6.07, 6.45) is -3.37. The lowest BCUT2D eigenvalue weighted by atomic mass is 9.79. The number of nitrogens with one attached hydrogen (secondary N) is 1. The number of carbonyl (C=O) groups is 1. The Morgan fingerprint density at radius 2 is 2.22 bits per heavy atom. The SMILES string of the molecule is Cc1cnn(C)c1C(=O)C1(C(F)(F)F)CCNC1. The van der Waals surface area contributed by atoms with Gasteiger partial charge in [-0.3, -0.25) is 9.48 Å². The van der Waals surface area contributed by atoms with Gasteiger partial charge in [-0.2, -0.15) is 18.3 Å². The monoisotopic (exact) mass is 261 g/mol. The molecule has 4 nitrogen and oxygen atoms in total. The molecule has 1 aromatic heterocycles. The van der Waals surface area contributed by atoms with Crippen molar-refractivity contribution in [2.75, 3.05) is 13.1 Å². The molecule has 2 heterocycles. The Bertz CT molecular complexity index is 453. The lowest BCUT2D eigenvalue weighted by Crippen LogP contribution is -2.47. The Balaban J connectivity index is 2.49. The van der Waals surface area contributed by atoms with Crippen molar-refractivity contribution in [1.29, 1.82) is 0 Å². The molecule has 0 radical (unpaired) electrons. The maximum absolute atomic E-state index is 13.2. The number of aryl methyl sites for hydroxylation is 2. The van der Waals surface area contributed by atoms with Crippen molar-refractivity contribution in [3.8, 4) is 0 Å². The molecule has 1 saturated heterocycles. The van der Waals surface area contributed by atoms with Crippen LogP contribution in [0, 0.1) is 12.3 Å². The van der Waals surface area contributed by atoms with E-state index in [1.54, 1.807) is 6.92 Å². The lowest BCUT2D eigenvalue weighted by molar-refractivity contribution is -0.197. The van der Waals surface area contributed by atoms with Crippen LogP contribution in [0.25, 0.3) is 0 Å². The first kappa shape index (κ1) is 13.1. The number of halogens is 3. The number of hydrogen-bond donors (Lipinski definition) is 1. The molecule has 1 aliphatic heterocycles. The van der Waals surface area contributed by atoms with Gasteiger partial charge in [0.25, 0.3) is 0 Å². The molecule has 1 aliphatic rings. The fraction of sp³-hybridized carbons (Fsp3) is 0.636. The van der Waals surface area contributed by atoms with E-state index in [-0.39, 0.29) is 25.2 Å². The molecule has 100 valence electrons. The normalized spacial score (nSPS) is 24.5. The predicted molar refractivity (Wildman–Crippen MR) is 58.3 cm³/mol. The van der Waals surface area contributed by atoms with E-state index in [2.05, 4.69) is 10.4 Å². The molecule has 1 atom stereocenters. The van der Waals surface area contributed by atoms with Gasteiger partial charge in [-0.15, -0.1) is 0 Å². The molecule has 2 rings (SSSR count). The number of nitrogens with zero attached hydrogens (tertiary/aromatic N) is 2. The highest BCUT2D eigenvalue weighted by Crippen LogP contribution is 2.45. The van der Waals surface area contributed by atoms with Gasteiger partial charge in [0.05, 0.1) is 6.20 Å². The highest BCUT2D eigenvalue weighted by molar-refractivity contribution is 6.01. The van der Waals surface area contributed by atoms with E-state index in [9.17, 15) is 18.0 Å². The van der Waals surface area contributed by atoms with Crippen molar-refractivity contribution in [3.05, 3.63) is 17.5 Å².